The van der Waals surface area contributed by atoms with Gasteiger partial charge in [-0.25, -0.2) is 4.98 Å². The lowest BCUT2D eigenvalue weighted by atomic mass is 9.97. The maximum absolute atomic E-state index is 12.5. The lowest BCUT2D eigenvalue weighted by Crippen LogP contribution is -2.06. The van der Waals surface area contributed by atoms with E-state index in [1.54, 1.807) is 12.4 Å². The minimum absolute atomic E-state index is 0.00745. The molecule has 0 aliphatic rings. The number of aromatic amines is 1. The molecule has 4 heteroatoms. The average Bonchev–Trinajstić information content (AvgIpc) is 2.94. The van der Waals surface area contributed by atoms with E-state index in [9.17, 15) is 4.79 Å². The number of pyridine rings is 1. The van der Waals surface area contributed by atoms with Crippen LogP contribution < -0.4 is 0 Å². The summed E-state index contributed by atoms with van der Waals surface area (Å²) < 4.78 is 0. The first-order chi connectivity index (χ1) is 9.31. The van der Waals surface area contributed by atoms with Gasteiger partial charge in [-0.3, -0.25) is 9.89 Å². The van der Waals surface area contributed by atoms with E-state index in [4.69, 9.17) is 0 Å². The van der Waals surface area contributed by atoms with Crippen molar-refractivity contribution in [2.45, 2.75) is 13.3 Å². The van der Waals surface area contributed by atoms with E-state index in [1.165, 1.54) is 0 Å². The lowest BCUT2D eigenvalue weighted by Gasteiger charge is -2.07. The van der Waals surface area contributed by atoms with Crippen molar-refractivity contribution in [3.8, 4) is 0 Å². The van der Waals surface area contributed by atoms with E-state index in [2.05, 4.69) is 15.2 Å². The number of hydrogen-bond donors (Lipinski definition) is 1. The van der Waals surface area contributed by atoms with Gasteiger partial charge in [-0.05, 0) is 12.0 Å². The van der Waals surface area contributed by atoms with Crippen molar-refractivity contribution in [1.82, 2.24) is 15.2 Å². The normalized spacial score (nSPS) is 10.8. The average molecular weight is 251 g/mol. The second-order valence-corrected chi connectivity index (χ2v) is 4.33. The number of carbonyl (C=O) groups excluding carboxylic acids is 1. The molecular formula is C15H13N3O. The third kappa shape index (κ3) is 1.91. The Balaban J connectivity index is 2.17. The summed E-state index contributed by atoms with van der Waals surface area (Å²) in [6, 6.07) is 9.27. The Morgan fingerprint density at radius 2 is 2.00 bits per heavy atom. The van der Waals surface area contributed by atoms with Crippen LogP contribution in [0.25, 0.3) is 11.0 Å². The first-order valence-electron chi connectivity index (χ1n) is 6.22. The number of ketones is 1. The minimum atomic E-state index is 0.00745. The van der Waals surface area contributed by atoms with Gasteiger partial charge in [0, 0.05) is 22.7 Å². The number of hydrogen-bond acceptors (Lipinski definition) is 3. The molecule has 2 aromatic heterocycles. The van der Waals surface area contributed by atoms with Gasteiger partial charge >= 0.3 is 0 Å². The second kappa shape index (κ2) is 4.65. The van der Waals surface area contributed by atoms with Gasteiger partial charge in [0.25, 0.3) is 0 Å². The highest BCUT2D eigenvalue weighted by Gasteiger charge is 2.16. The molecule has 2 heterocycles. The Bertz CT molecular complexity index is 731. The van der Waals surface area contributed by atoms with Crippen molar-refractivity contribution >= 4 is 16.8 Å². The fourth-order valence-corrected chi connectivity index (χ4v) is 2.27. The Kier molecular flexibility index (Phi) is 2.83. The molecule has 0 radical (unpaired) electrons. The molecule has 0 atom stereocenters. The van der Waals surface area contributed by atoms with Crippen LogP contribution in [-0.4, -0.2) is 21.0 Å². The van der Waals surface area contributed by atoms with Crippen molar-refractivity contribution in [2.75, 3.05) is 0 Å². The molecule has 0 bridgehead atoms. The number of H-pyrrole nitrogens is 1. The summed E-state index contributed by atoms with van der Waals surface area (Å²) in [5.41, 5.74) is 3.05. The molecule has 0 unspecified atom stereocenters. The van der Waals surface area contributed by atoms with Crippen LogP contribution in [-0.2, 0) is 6.42 Å². The molecule has 1 aromatic carbocycles. The molecule has 3 aromatic rings. The smallest absolute Gasteiger partial charge is 0.194 e. The minimum Gasteiger partial charge on any atom is -0.289 e. The van der Waals surface area contributed by atoms with Crippen LogP contribution in [0, 0.1) is 0 Å². The summed E-state index contributed by atoms with van der Waals surface area (Å²) in [5.74, 6) is 0.00745. The number of nitrogens with one attached hydrogen (secondary N) is 1. The molecule has 0 saturated carbocycles. The predicted molar refractivity (Wildman–Crippen MR) is 73.1 cm³/mol. The number of aryl methyl sites for hydroxylation is 1. The van der Waals surface area contributed by atoms with Crippen LogP contribution in [0.5, 0.6) is 0 Å². The summed E-state index contributed by atoms with van der Waals surface area (Å²) in [6.07, 6.45) is 4.13. The highest BCUT2D eigenvalue weighted by molar-refractivity contribution is 6.11. The van der Waals surface area contributed by atoms with E-state index in [0.29, 0.717) is 11.1 Å². The van der Waals surface area contributed by atoms with Gasteiger partial charge < -0.3 is 0 Å². The third-order valence-corrected chi connectivity index (χ3v) is 3.23. The van der Waals surface area contributed by atoms with Crippen molar-refractivity contribution < 1.29 is 4.79 Å². The molecule has 1 N–H and O–H groups in total. The highest BCUT2D eigenvalue weighted by Crippen LogP contribution is 2.21. The third-order valence-electron chi connectivity index (χ3n) is 3.23. The Morgan fingerprint density at radius 1 is 1.21 bits per heavy atom. The number of carbonyl (C=O) groups is 1. The van der Waals surface area contributed by atoms with Gasteiger partial charge in [0.15, 0.2) is 11.4 Å². The molecule has 19 heavy (non-hydrogen) atoms. The number of nitrogens with zero attached hydrogens (tertiary/aromatic N) is 2. The quantitative estimate of drug-likeness (QED) is 0.728. The van der Waals surface area contributed by atoms with Crippen molar-refractivity contribution in [2.24, 2.45) is 0 Å². The molecule has 0 aliphatic heterocycles. The predicted octanol–water partition coefficient (Wildman–Crippen LogP) is 2.75. The first-order valence-corrected chi connectivity index (χ1v) is 6.22. The summed E-state index contributed by atoms with van der Waals surface area (Å²) >= 11 is 0. The molecule has 0 aliphatic carbocycles. The van der Waals surface area contributed by atoms with E-state index in [-0.39, 0.29) is 5.78 Å². The summed E-state index contributed by atoms with van der Waals surface area (Å²) in [7, 11) is 0. The second-order valence-electron chi connectivity index (χ2n) is 4.33. The van der Waals surface area contributed by atoms with Gasteiger partial charge in [-0.2, -0.15) is 5.10 Å². The van der Waals surface area contributed by atoms with Gasteiger partial charge in [-0.15, -0.1) is 0 Å². The molecule has 4 nitrogen and oxygen atoms in total. The zero-order valence-corrected chi connectivity index (χ0v) is 10.6. The first kappa shape index (κ1) is 11.6. The number of rotatable bonds is 3. The molecule has 0 saturated heterocycles. The SMILES string of the molecule is CCc1c(C(=O)c2ccccc2)cnc2[nH]ncc12. The molecule has 0 amide bonds. The molecular weight excluding hydrogens is 238 g/mol. The number of fused-ring (bicyclic) bond motifs is 1. The van der Waals surface area contributed by atoms with Gasteiger partial charge in [0.2, 0.25) is 0 Å². The fraction of sp³-hybridized carbons (Fsp3) is 0.133. The van der Waals surface area contributed by atoms with E-state index >= 15 is 0 Å². The molecule has 3 rings (SSSR count). The zero-order chi connectivity index (χ0) is 13.2. The maximum atomic E-state index is 12.5. The standard InChI is InChI=1S/C15H13N3O/c1-2-11-12(8-16-15-13(11)9-17-18-15)14(19)10-6-4-3-5-7-10/h3-9H,2H2,1H3,(H,16,17,18). The van der Waals surface area contributed by atoms with Crippen molar-refractivity contribution in [1.29, 1.82) is 0 Å². The topological polar surface area (TPSA) is 58.6 Å². The van der Waals surface area contributed by atoms with Crippen LogP contribution in [0.1, 0.15) is 28.4 Å². The van der Waals surface area contributed by atoms with E-state index < -0.39 is 0 Å². The van der Waals surface area contributed by atoms with E-state index in [0.717, 1.165) is 23.0 Å². The Hall–Kier alpha value is -2.49. The van der Waals surface area contributed by atoms with Crippen LogP contribution in [0.2, 0.25) is 0 Å². The monoisotopic (exact) mass is 251 g/mol. The number of benzene rings is 1. The molecule has 0 spiro atoms. The van der Waals surface area contributed by atoms with Crippen molar-refractivity contribution in [3.63, 3.8) is 0 Å². The highest BCUT2D eigenvalue weighted by atomic mass is 16.1. The lowest BCUT2D eigenvalue weighted by molar-refractivity contribution is 0.103. The largest absolute Gasteiger partial charge is 0.289 e. The van der Waals surface area contributed by atoms with Crippen LogP contribution in [0.4, 0.5) is 0 Å². The van der Waals surface area contributed by atoms with Crippen LogP contribution in [0.3, 0.4) is 0 Å². The summed E-state index contributed by atoms with van der Waals surface area (Å²) in [4.78, 5) is 16.8. The van der Waals surface area contributed by atoms with E-state index in [1.807, 2.05) is 37.3 Å². The zero-order valence-electron chi connectivity index (χ0n) is 10.6. The van der Waals surface area contributed by atoms with Crippen LogP contribution in [0.15, 0.2) is 42.7 Å². The summed E-state index contributed by atoms with van der Waals surface area (Å²) in [6.45, 7) is 2.03. The number of aromatic nitrogens is 3. The Labute approximate surface area is 110 Å². The molecule has 94 valence electrons. The van der Waals surface area contributed by atoms with Gasteiger partial charge in [0.05, 0.1) is 6.20 Å². The maximum Gasteiger partial charge on any atom is 0.194 e. The van der Waals surface area contributed by atoms with Gasteiger partial charge in [-0.1, -0.05) is 37.3 Å². The van der Waals surface area contributed by atoms with Crippen LogP contribution >= 0.6 is 0 Å². The molecule has 0 fully saturated rings. The van der Waals surface area contributed by atoms with Gasteiger partial charge in [0.1, 0.15) is 0 Å². The Morgan fingerprint density at radius 3 is 2.74 bits per heavy atom. The summed E-state index contributed by atoms with van der Waals surface area (Å²) in [5, 5.41) is 7.73. The van der Waals surface area contributed by atoms with Crippen molar-refractivity contribution in [3.05, 3.63) is 59.4 Å². The fourth-order valence-electron chi connectivity index (χ4n) is 2.27.